The number of halogens is 3. The van der Waals surface area contributed by atoms with E-state index in [1.807, 2.05) is 6.92 Å². The van der Waals surface area contributed by atoms with E-state index in [-0.39, 0.29) is 24.9 Å². The average Bonchev–Trinajstić information content (AvgIpc) is 2.10. The minimum Gasteiger partial charge on any atom is -0.329 e. The first-order valence-corrected chi connectivity index (χ1v) is 4.85. The summed E-state index contributed by atoms with van der Waals surface area (Å²) in [6, 6.07) is -0.329. The molecule has 0 spiro atoms. The monoisotopic (exact) mass is 212 g/mol. The number of alkyl halides is 3. The van der Waals surface area contributed by atoms with Crippen molar-refractivity contribution in [1.29, 1.82) is 0 Å². The zero-order chi connectivity index (χ0) is 11.4. The van der Waals surface area contributed by atoms with E-state index >= 15 is 0 Å². The van der Waals surface area contributed by atoms with Crippen LogP contribution in [0, 0.1) is 11.8 Å². The van der Waals surface area contributed by atoms with Crippen LogP contribution in [0.15, 0.2) is 0 Å². The molecule has 0 bridgehead atoms. The quantitative estimate of drug-likeness (QED) is 0.731. The maximum absolute atomic E-state index is 12.2. The van der Waals surface area contributed by atoms with E-state index in [1.54, 1.807) is 0 Å². The molecule has 2 nitrogen and oxygen atoms in total. The van der Waals surface area contributed by atoms with Crippen LogP contribution >= 0.6 is 0 Å². The van der Waals surface area contributed by atoms with E-state index < -0.39 is 12.1 Å². The molecule has 0 aliphatic rings. The molecule has 0 radical (unpaired) electrons. The van der Waals surface area contributed by atoms with Crippen molar-refractivity contribution in [2.24, 2.45) is 23.3 Å². The fourth-order valence-corrected chi connectivity index (χ4v) is 1.42. The Kier molecular flexibility index (Phi) is 5.44. The van der Waals surface area contributed by atoms with Crippen LogP contribution in [0.5, 0.6) is 0 Å². The number of rotatable bonds is 5. The van der Waals surface area contributed by atoms with Crippen LogP contribution in [0.4, 0.5) is 13.2 Å². The van der Waals surface area contributed by atoms with E-state index in [2.05, 4.69) is 0 Å². The first kappa shape index (κ1) is 13.7. The Morgan fingerprint density at radius 1 is 1.29 bits per heavy atom. The standard InChI is InChI=1S/C9H19F3N2/c1-3-7(8(14)5-13)4-6(2)9(10,11)12/h6-8H,3-5,13-14H2,1-2H3/t6-,7?,8?/m1/s1. The summed E-state index contributed by atoms with van der Waals surface area (Å²) in [7, 11) is 0. The van der Waals surface area contributed by atoms with Crippen molar-refractivity contribution in [3.8, 4) is 0 Å². The summed E-state index contributed by atoms with van der Waals surface area (Å²) in [5.41, 5.74) is 11.0. The van der Waals surface area contributed by atoms with E-state index in [0.717, 1.165) is 0 Å². The zero-order valence-electron chi connectivity index (χ0n) is 8.64. The first-order chi connectivity index (χ1) is 6.32. The molecule has 0 aliphatic heterocycles. The summed E-state index contributed by atoms with van der Waals surface area (Å²) >= 11 is 0. The highest BCUT2D eigenvalue weighted by atomic mass is 19.4. The summed E-state index contributed by atoms with van der Waals surface area (Å²) in [5, 5.41) is 0. The normalized spacial score (nSPS) is 19.1. The molecule has 86 valence electrons. The minimum atomic E-state index is -4.12. The average molecular weight is 212 g/mol. The zero-order valence-corrected chi connectivity index (χ0v) is 8.64. The minimum absolute atomic E-state index is 0.0678. The Morgan fingerprint density at radius 2 is 1.79 bits per heavy atom. The molecule has 0 heterocycles. The SMILES string of the molecule is CCC(C[C@@H](C)C(F)(F)F)C(N)CN. The molecule has 0 amide bonds. The molecule has 4 N–H and O–H groups in total. The molecular formula is C9H19F3N2. The molecule has 0 rings (SSSR count). The van der Waals surface area contributed by atoms with Gasteiger partial charge in [0.1, 0.15) is 0 Å². The summed E-state index contributed by atoms with van der Waals surface area (Å²) in [5.74, 6) is -1.44. The van der Waals surface area contributed by atoms with Crippen LogP contribution in [0.1, 0.15) is 26.7 Å². The lowest BCUT2D eigenvalue weighted by molar-refractivity contribution is -0.174. The van der Waals surface area contributed by atoms with Crippen molar-refractivity contribution in [2.45, 2.75) is 38.9 Å². The predicted octanol–water partition coefficient (Wildman–Crippen LogP) is 1.89. The predicted molar refractivity (Wildman–Crippen MR) is 50.6 cm³/mol. The topological polar surface area (TPSA) is 52.0 Å². The van der Waals surface area contributed by atoms with E-state index in [9.17, 15) is 13.2 Å². The number of nitrogens with two attached hydrogens (primary N) is 2. The van der Waals surface area contributed by atoms with Gasteiger partial charge in [-0.05, 0) is 12.3 Å². The van der Waals surface area contributed by atoms with Crippen molar-refractivity contribution in [1.82, 2.24) is 0 Å². The van der Waals surface area contributed by atoms with Gasteiger partial charge < -0.3 is 11.5 Å². The lowest BCUT2D eigenvalue weighted by Gasteiger charge is -2.25. The summed E-state index contributed by atoms with van der Waals surface area (Å²) in [6.07, 6.45) is -3.42. The third-order valence-electron chi connectivity index (χ3n) is 2.62. The first-order valence-electron chi connectivity index (χ1n) is 4.85. The fourth-order valence-electron chi connectivity index (χ4n) is 1.42. The Balaban J connectivity index is 4.18. The second kappa shape index (κ2) is 5.56. The van der Waals surface area contributed by atoms with Gasteiger partial charge in [-0.1, -0.05) is 20.3 Å². The van der Waals surface area contributed by atoms with Crippen molar-refractivity contribution in [2.75, 3.05) is 6.54 Å². The maximum atomic E-state index is 12.2. The third-order valence-corrected chi connectivity index (χ3v) is 2.62. The number of hydrogen-bond donors (Lipinski definition) is 2. The highest BCUT2D eigenvalue weighted by Crippen LogP contribution is 2.32. The van der Waals surface area contributed by atoms with Gasteiger partial charge in [0.15, 0.2) is 0 Å². The van der Waals surface area contributed by atoms with Crippen LogP contribution in [-0.4, -0.2) is 18.8 Å². The van der Waals surface area contributed by atoms with Crippen LogP contribution in [0.25, 0.3) is 0 Å². The van der Waals surface area contributed by atoms with Gasteiger partial charge in [-0.3, -0.25) is 0 Å². The lowest BCUT2D eigenvalue weighted by Crippen LogP contribution is -2.39. The van der Waals surface area contributed by atoms with Gasteiger partial charge in [0.25, 0.3) is 0 Å². The van der Waals surface area contributed by atoms with Gasteiger partial charge >= 0.3 is 6.18 Å². The van der Waals surface area contributed by atoms with Gasteiger partial charge in [-0.15, -0.1) is 0 Å². The Morgan fingerprint density at radius 3 is 2.07 bits per heavy atom. The molecule has 0 aromatic heterocycles. The Labute approximate surface area is 82.8 Å². The molecule has 5 heteroatoms. The van der Waals surface area contributed by atoms with Crippen LogP contribution in [0.2, 0.25) is 0 Å². The van der Waals surface area contributed by atoms with E-state index in [4.69, 9.17) is 11.5 Å². The van der Waals surface area contributed by atoms with Crippen molar-refractivity contribution >= 4 is 0 Å². The van der Waals surface area contributed by atoms with Gasteiger partial charge in [-0.2, -0.15) is 13.2 Å². The smallest absolute Gasteiger partial charge is 0.329 e. The van der Waals surface area contributed by atoms with Gasteiger partial charge in [0.2, 0.25) is 0 Å². The summed E-state index contributed by atoms with van der Waals surface area (Å²) < 4.78 is 36.7. The Bertz CT molecular complexity index is 159. The van der Waals surface area contributed by atoms with Gasteiger partial charge in [0.05, 0.1) is 5.92 Å². The number of hydrogen-bond acceptors (Lipinski definition) is 2. The van der Waals surface area contributed by atoms with Crippen molar-refractivity contribution in [3.05, 3.63) is 0 Å². The molecule has 0 saturated carbocycles. The Hall–Kier alpha value is -0.290. The summed E-state index contributed by atoms with van der Waals surface area (Å²) in [4.78, 5) is 0. The molecule has 3 atom stereocenters. The van der Waals surface area contributed by atoms with E-state index in [0.29, 0.717) is 6.42 Å². The second-order valence-corrected chi connectivity index (χ2v) is 3.75. The molecule has 0 aliphatic carbocycles. The molecule has 0 saturated heterocycles. The van der Waals surface area contributed by atoms with Crippen molar-refractivity contribution in [3.63, 3.8) is 0 Å². The van der Waals surface area contributed by atoms with Crippen LogP contribution < -0.4 is 11.5 Å². The van der Waals surface area contributed by atoms with Gasteiger partial charge in [0, 0.05) is 12.6 Å². The fraction of sp³-hybridized carbons (Fsp3) is 1.00. The van der Waals surface area contributed by atoms with E-state index in [1.165, 1.54) is 6.92 Å². The largest absolute Gasteiger partial charge is 0.391 e. The summed E-state index contributed by atoms with van der Waals surface area (Å²) in [6.45, 7) is 3.26. The second-order valence-electron chi connectivity index (χ2n) is 3.75. The van der Waals surface area contributed by atoms with Crippen LogP contribution in [0.3, 0.4) is 0 Å². The maximum Gasteiger partial charge on any atom is 0.391 e. The van der Waals surface area contributed by atoms with Crippen LogP contribution in [-0.2, 0) is 0 Å². The molecule has 0 aromatic carbocycles. The lowest BCUT2D eigenvalue weighted by atomic mass is 9.88. The highest BCUT2D eigenvalue weighted by molar-refractivity contribution is 4.76. The molecule has 0 aromatic rings. The van der Waals surface area contributed by atoms with Crippen molar-refractivity contribution < 1.29 is 13.2 Å². The highest BCUT2D eigenvalue weighted by Gasteiger charge is 2.37. The molecule has 14 heavy (non-hydrogen) atoms. The third kappa shape index (κ3) is 4.28. The molecule has 0 fully saturated rings. The van der Waals surface area contributed by atoms with Gasteiger partial charge in [-0.25, -0.2) is 0 Å². The molecule has 2 unspecified atom stereocenters. The molecular weight excluding hydrogens is 193 g/mol.